The summed E-state index contributed by atoms with van der Waals surface area (Å²) in [4.78, 5) is 32.2. The summed E-state index contributed by atoms with van der Waals surface area (Å²) in [5, 5.41) is 13.3. The number of carboxylic acids is 1. The molecule has 14 heavy (non-hydrogen) atoms. The Morgan fingerprint density at radius 2 is 2.29 bits per heavy atom. The molecule has 1 unspecified atom stereocenters. The van der Waals surface area contributed by atoms with E-state index in [2.05, 4.69) is 10.6 Å². The van der Waals surface area contributed by atoms with Crippen molar-refractivity contribution < 1.29 is 19.5 Å². The van der Waals surface area contributed by atoms with Gasteiger partial charge in [0.05, 0.1) is 12.3 Å². The molecule has 1 rings (SSSR count). The highest BCUT2D eigenvalue weighted by atomic mass is 16.4. The number of hydrogen-bond donors (Lipinski definition) is 3. The van der Waals surface area contributed by atoms with Crippen molar-refractivity contribution >= 4 is 17.8 Å². The maximum atomic E-state index is 11.3. The van der Waals surface area contributed by atoms with Crippen molar-refractivity contribution in [1.29, 1.82) is 0 Å². The first-order valence-corrected chi connectivity index (χ1v) is 4.36. The minimum Gasteiger partial charge on any atom is -0.481 e. The van der Waals surface area contributed by atoms with Crippen LogP contribution in [0, 0.1) is 5.92 Å². The molecule has 1 saturated heterocycles. The molecular formula is C8H12N2O4. The van der Waals surface area contributed by atoms with Crippen LogP contribution in [-0.2, 0) is 14.4 Å². The Kier molecular flexibility index (Phi) is 3.44. The number of hydrogen-bond acceptors (Lipinski definition) is 3. The third kappa shape index (κ3) is 3.04. The van der Waals surface area contributed by atoms with Crippen LogP contribution in [0.4, 0.5) is 0 Å². The molecule has 1 fully saturated rings. The Hall–Kier alpha value is -1.59. The van der Waals surface area contributed by atoms with E-state index in [0.29, 0.717) is 6.54 Å². The number of carbonyl (C=O) groups excluding carboxylic acids is 2. The summed E-state index contributed by atoms with van der Waals surface area (Å²) in [7, 11) is 0. The maximum absolute atomic E-state index is 11.3. The summed E-state index contributed by atoms with van der Waals surface area (Å²) in [5.41, 5.74) is 0. The van der Waals surface area contributed by atoms with Crippen molar-refractivity contribution in [3.63, 3.8) is 0 Å². The molecule has 6 nitrogen and oxygen atoms in total. The van der Waals surface area contributed by atoms with Gasteiger partial charge in [-0.2, -0.15) is 0 Å². The SMILES string of the molecule is O=C(O)CCNC(=O)C1CNC(=O)C1. The van der Waals surface area contributed by atoms with Crippen molar-refractivity contribution in [3.8, 4) is 0 Å². The average molecular weight is 200 g/mol. The van der Waals surface area contributed by atoms with Crippen LogP contribution in [-0.4, -0.2) is 36.0 Å². The van der Waals surface area contributed by atoms with Gasteiger partial charge in [-0.1, -0.05) is 0 Å². The predicted octanol–water partition coefficient (Wildman–Crippen LogP) is -1.29. The largest absolute Gasteiger partial charge is 0.481 e. The highest BCUT2D eigenvalue weighted by molar-refractivity contribution is 5.89. The lowest BCUT2D eigenvalue weighted by Crippen LogP contribution is -2.33. The molecule has 6 heteroatoms. The molecule has 2 amide bonds. The van der Waals surface area contributed by atoms with E-state index in [1.54, 1.807) is 0 Å². The zero-order chi connectivity index (χ0) is 10.6. The van der Waals surface area contributed by atoms with E-state index in [-0.39, 0.29) is 37.1 Å². The van der Waals surface area contributed by atoms with Crippen LogP contribution >= 0.6 is 0 Å². The van der Waals surface area contributed by atoms with Crippen LogP contribution in [0.2, 0.25) is 0 Å². The second-order valence-corrected chi connectivity index (χ2v) is 3.14. The van der Waals surface area contributed by atoms with Gasteiger partial charge in [0.1, 0.15) is 0 Å². The van der Waals surface area contributed by atoms with Crippen LogP contribution in [0.15, 0.2) is 0 Å². The average Bonchev–Trinajstić information content (AvgIpc) is 2.51. The zero-order valence-corrected chi connectivity index (χ0v) is 7.58. The van der Waals surface area contributed by atoms with Gasteiger partial charge in [-0.05, 0) is 0 Å². The molecule has 0 aromatic rings. The fourth-order valence-corrected chi connectivity index (χ4v) is 1.23. The molecule has 0 saturated carbocycles. The van der Waals surface area contributed by atoms with Crippen LogP contribution in [0.5, 0.6) is 0 Å². The number of rotatable bonds is 4. The molecule has 1 atom stereocenters. The topological polar surface area (TPSA) is 95.5 Å². The second kappa shape index (κ2) is 4.59. The number of carboxylic acid groups (broad SMARTS) is 1. The highest BCUT2D eigenvalue weighted by Gasteiger charge is 2.27. The molecule has 0 bridgehead atoms. The first-order valence-electron chi connectivity index (χ1n) is 4.36. The monoisotopic (exact) mass is 200 g/mol. The minimum absolute atomic E-state index is 0.0974. The minimum atomic E-state index is -0.953. The Morgan fingerprint density at radius 3 is 2.79 bits per heavy atom. The second-order valence-electron chi connectivity index (χ2n) is 3.14. The Bertz CT molecular complexity index is 264. The molecular weight excluding hydrogens is 188 g/mol. The molecule has 78 valence electrons. The molecule has 0 aromatic heterocycles. The molecule has 0 aromatic carbocycles. The third-order valence-corrected chi connectivity index (χ3v) is 1.99. The summed E-state index contributed by atoms with van der Waals surface area (Å²) in [6.07, 6.45) is 0.0960. The molecule has 3 N–H and O–H groups in total. The van der Waals surface area contributed by atoms with Gasteiger partial charge in [0, 0.05) is 19.5 Å². The van der Waals surface area contributed by atoms with Gasteiger partial charge in [0.15, 0.2) is 0 Å². The van der Waals surface area contributed by atoms with E-state index in [4.69, 9.17) is 5.11 Å². The lowest BCUT2D eigenvalue weighted by molar-refractivity contribution is -0.137. The first-order chi connectivity index (χ1) is 6.59. The van der Waals surface area contributed by atoms with E-state index in [0.717, 1.165) is 0 Å². The highest BCUT2D eigenvalue weighted by Crippen LogP contribution is 2.08. The molecule has 1 heterocycles. The summed E-state index contributed by atoms with van der Waals surface area (Å²) in [6, 6.07) is 0. The first kappa shape index (κ1) is 10.5. The standard InChI is InChI=1S/C8H12N2O4/c11-6-3-5(4-10-6)8(14)9-2-1-7(12)13/h5H,1-4H2,(H,9,14)(H,10,11)(H,12,13). The fraction of sp³-hybridized carbons (Fsp3) is 0.625. The van der Waals surface area contributed by atoms with Crippen LogP contribution < -0.4 is 10.6 Å². The van der Waals surface area contributed by atoms with Gasteiger partial charge in [0.25, 0.3) is 0 Å². The van der Waals surface area contributed by atoms with Crippen molar-refractivity contribution in [2.45, 2.75) is 12.8 Å². The zero-order valence-electron chi connectivity index (χ0n) is 7.58. The Labute approximate surface area is 80.7 Å². The van der Waals surface area contributed by atoms with Crippen molar-refractivity contribution in [3.05, 3.63) is 0 Å². The number of aliphatic carboxylic acids is 1. The lowest BCUT2D eigenvalue weighted by atomic mass is 10.1. The van der Waals surface area contributed by atoms with E-state index in [9.17, 15) is 14.4 Å². The molecule has 1 aliphatic rings. The van der Waals surface area contributed by atoms with Crippen LogP contribution in [0.25, 0.3) is 0 Å². The smallest absolute Gasteiger partial charge is 0.305 e. The summed E-state index contributed by atoms with van der Waals surface area (Å²) < 4.78 is 0. The maximum Gasteiger partial charge on any atom is 0.305 e. The van der Waals surface area contributed by atoms with Gasteiger partial charge in [0.2, 0.25) is 11.8 Å². The normalized spacial score (nSPS) is 20.3. The van der Waals surface area contributed by atoms with Crippen LogP contribution in [0.1, 0.15) is 12.8 Å². The molecule has 1 aliphatic heterocycles. The number of amides is 2. The molecule has 0 radical (unpaired) electrons. The van der Waals surface area contributed by atoms with E-state index in [1.165, 1.54) is 0 Å². The van der Waals surface area contributed by atoms with E-state index < -0.39 is 5.97 Å². The van der Waals surface area contributed by atoms with Gasteiger partial charge in [-0.25, -0.2) is 0 Å². The van der Waals surface area contributed by atoms with E-state index in [1.807, 2.05) is 0 Å². The van der Waals surface area contributed by atoms with Gasteiger partial charge >= 0.3 is 5.97 Å². The van der Waals surface area contributed by atoms with Crippen LogP contribution in [0.3, 0.4) is 0 Å². The van der Waals surface area contributed by atoms with Gasteiger partial charge in [-0.15, -0.1) is 0 Å². The summed E-state index contributed by atoms with van der Waals surface area (Å²) >= 11 is 0. The molecule has 0 spiro atoms. The lowest BCUT2D eigenvalue weighted by Gasteiger charge is -2.07. The Balaban J connectivity index is 2.22. The summed E-state index contributed by atoms with van der Waals surface area (Å²) in [6.45, 7) is 0.455. The van der Waals surface area contributed by atoms with E-state index >= 15 is 0 Å². The number of carbonyl (C=O) groups is 3. The van der Waals surface area contributed by atoms with Crippen molar-refractivity contribution in [2.24, 2.45) is 5.92 Å². The number of nitrogens with one attached hydrogen (secondary N) is 2. The van der Waals surface area contributed by atoms with Gasteiger partial charge in [-0.3, -0.25) is 14.4 Å². The fourth-order valence-electron chi connectivity index (χ4n) is 1.23. The predicted molar refractivity (Wildman–Crippen MR) is 46.4 cm³/mol. The van der Waals surface area contributed by atoms with Crippen molar-refractivity contribution in [1.82, 2.24) is 10.6 Å². The molecule has 0 aliphatic carbocycles. The summed E-state index contributed by atoms with van der Waals surface area (Å²) in [5.74, 6) is -1.70. The quantitative estimate of drug-likeness (QED) is 0.526. The Morgan fingerprint density at radius 1 is 1.57 bits per heavy atom. The van der Waals surface area contributed by atoms with Crippen molar-refractivity contribution in [2.75, 3.05) is 13.1 Å². The van der Waals surface area contributed by atoms with Gasteiger partial charge < -0.3 is 15.7 Å². The third-order valence-electron chi connectivity index (χ3n) is 1.99.